The number of carbonyl (C=O) groups excluding carboxylic acids is 2. The first-order chi connectivity index (χ1) is 5.41. The van der Waals surface area contributed by atoms with Crippen LogP contribution in [0.4, 0.5) is 0 Å². The van der Waals surface area contributed by atoms with Crippen molar-refractivity contribution in [3.05, 3.63) is 0 Å². The van der Waals surface area contributed by atoms with Crippen LogP contribution in [-0.4, -0.2) is 25.3 Å². The highest BCUT2D eigenvalue weighted by Gasteiger charge is 1.86. The first-order valence-electron chi connectivity index (χ1n) is 3.14. The van der Waals surface area contributed by atoms with Crippen LogP contribution in [0.2, 0.25) is 0 Å². The molecular weight excluding hydrogens is 148 g/mol. The third-order valence-electron chi connectivity index (χ3n) is 0.922. The number of unbranched alkanes of at least 4 members (excludes halogenated alkanes) is 1. The molecule has 0 bridgehead atoms. The van der Waals surface area contributed by atoms with Gasteiger partial charge in [0.15, 0.2) is 0 Å². The van der Waals surface area contributed by atoms with Gasteiger partial charge in [-0.1, -0.05) is 0 Å². The van der Waals surface area contributed by atoms with E-state index in [1.807, 2.05) is 0 Å². The number of aliphatic imine (C=N–C) groups is 1. The zero-order valence-corrected chi connectivity index (χ0v) is 5.95. The number of nitrogens with zero attached hydrogens (tertiary/aromatic N) is 2. The minimum atomic E-state index is 0.351. The molecule has 0 aromatic rings. The Kier molecular flexibility index (Phi) is 7.44. The Morgan fingerprint density at radius 1 is 1.18 bits per heavy atom. The summed E-state index contributed by atoms with van der Waals surface area (Å²) in [5, 5.41) is 2.88. The van der Waals surface area contributed by atoms with Crippen molar-refractivity contribution in [2.24, 2.45) is 10.1 Å². The topological polar surface area (TPSA) is 68.1 Å². The molecule has 0 aromatic heterocycles. The summed E-state index contributed by atoms with van der Waals surface area (Å²) < 4.78 is 0. The van der Waals surface area contributed by atoms with Crippen LogP contribution in [0.25, 0.3) is 0 Å². The van der Waals surface area contributed by atoms with Crippen LogP contribution in [0, 0.1) is 0 Å². The maximum atomic E-state index is 9.55. The van der Waals surface area contributed by atoms with Crippen molar-refractivity contribution < 1.29 is 14.4 Å². The second-order valence-electron chi connectivity index (χ2n) is 1.70. The average Bonchev–Trinajstić information content (AvgIpc) is 2.03. The van der Waals surface area contributed by atoms with Gasteiger partial charge >= 0.3 is 0 Å². The molecule has 5 heteroatoms. The summed E-state index contributed by atoms with van der Waals surface area (Å²) in [5.74, 6) is 0. The first kappa shape index (κ1) is 9.56. The van der Waals surface area contributed by atoms with E-state index in [9.17, 15) is 9.59 Å². The Bertz CT molecular complexity index is 160. The van der Waals surface area contributed by atoms with Gasteiger partial charge in [-0.25, -0.2) is 14.6 Å². The fourth-order valence-electron chi connectivity index (χ4n) is 0.475. The van der Waals surface area contributed by atoms with Crippen LogP contribution < -0.4 is 0 Å². The maximum Gasteiger partial charge on any atom is 0.276 e. The van der Waals surface area contributed by atoms with E-state index in [0.29, 0.717) is 19.6 Å². The SMILES string of the molecule is O=C=NCCCCON=C=O. The molecular formula is C6H8N2O3. The standard InChI is InChI=1S/C6H8N2O3/c9-5-7-3-1-2-4-11-8-6-10/h1-4H2. The van der Waals surface area contributed by atoms with E-state index in [1.165, 1.54) is 12.2 Å². The van der Waals surface area contributed by atoms with Crippen molar-refractivity contribution in [3.8, 4) is 0 Å². The Labute approximate surface area is 63.7 Å². The molecule has 0 aliphatic heterocycles. The highest BCUT2D eigenvalue weighted by Crippen LogP contribution is 1.89. The molecule has 0 amide bonds. The Morgan fingerprint density at radius 3 is 2.64 bits per heavy atom. The first-order valence-corrected chi connectivity index (χ1v) is 3.14. The van der Waals surface area contributed by atoms with Crippen molar-refractivity contribution in [1.29, 1.82) is 0 Å². The molecule has 0 radical (unpaired) electrons. The molecule has 0 saturated carbocycles. The van der Waals surface area contributed by atoms with E-state index in [4.69, 9.17) is 0 Å². The van der Waals surface area contributed by atoms with Crippen LogP contribution in [-0.2, 0) is 14.4 Å². The molecule has 0 heterocycles. The van der Waals surface area contributed by atoms with E-state index in [0.717, 1.165) is 6.42 Å². The Morgan fingerprint density at radius 2 is 2.00 bits per heavy atom. The van der Waals surface area contributed by atoms with Crippen LogP contribution >= 0.6 is 0 Å². The fraction of sp³-hybridized carbons (Fsp3) is 0.667. The quantitative estimate of drug-likeness (QED) is 0.241. The molecule has 60 valence electrons. The van der Waals surface area contributed by atoms with Crippen LogP contribution in [0.5, 0.6) is 0 Å². The summed E-state index contributed by atoms with van der Waals surface area (Å²) in [5.41, 5.74) is 0. The molecule has 0 N–H and O–H groups in total. The number of rotatable bonds is 6. The largest absolute Gasteiger partial charge is 0.386 e. The van der Waals surface area contributed by atoms with Gasteiger partial charge in [-0.15, -0.1) is 0 Å². The van der Waals surface area contributed by atoms with Crippen molar-refractivity contribution >= 4 is 12.2 Å². The highest BCUT2D eigenvalue weighted by molar-refractivity contribution is 5.32. The van der Waals surface area contributed by atoms with Crippen molar-refractivity contribution in [2.75, 3.05) is 13.2 Å². The van der Waals surface area contributed by atoms with Gasteiger partial charge in [-0.3, -0.25) is 0 Å². The fourth-order valence-corrected chi connectivity index (χ4v) is 0.475. The van der Waals surface area contributed by atoms with Crippen LogP contribution in [0.3, 0.4) is 0 Å². The van der Waals surface area contributed by atoms with Gasteiger partial charge in [-0.2, -0.15) is 0 Å². The summed E-state index contributed by atoms with van der Waals surface area (Å²) in [6.07, 6.45) is 4.09. The maximum absolute atomic E-state index is 9.55. The minimum absolute atomic E-state index is 0.351. The second-order valence-corrected chi connectivity index (χ2v) is 1.70. The normalized spacial score (nSPS) is 7.64. The summed E-state index contributed by atoms with van der Waals surface area (Å²) in [4.78, 5) is 26.7. The predicted octanol–water partition coefficient (Wildman–Crippen LogP) is 0.370. The molecule has 5 nitrogen and oxygen atoms in total. The Balaban J connectivity index is 3.02. The van der Waals surface area contributed by atoms with Crippen molar-refractivity contribution in [1.82, 2.24) is 0 Å². The predicted molar refractivity (Wildman–Crippen MR) is 36.3 cm³/mol. The highest BCUT2D eigenvalue weighted by atomic mass is 16.6. The number of hydrogen-bond donors (Lipinski definition) is 0. The molecule has 11 heavy (non-hydrogen) atoms. The third kappa shape index (κ3) is 8.56. The molecule has 0 aliphatic carbocycles. The summed E-state index contributed by atoms with van der Waals surface area (Å²) in [7, 11) is 0. The lowest BCUT2D eigenvalue weighted by atomic mass is 10.3. The average molecular weight is 156 g/mol. The summed E-state index contributed by atoms with van der Waals surface area (Å²) in [6, 6.07) is 0. The lowest BCUT2D eigenvalue weighted by Gasteiger charge is -1.93. The number of isocyanates is 2. The summed E-state index contributed by atoms with van der Waals surface area (Å²) in [6.45, 7) is 0.793. The molecule has 0 unspecified atom stereocenters. The van der Waals surface area contributed by atoms with Gasteiger partial charge in [0, 0.05) is 5.16 Å². The summed E-state index contributed by atoms with van der Waals surface area (Å²) >= 11 is 0. The zero-order valence-electron chi connectivity index (χ0n) is 5.95. The Hall–Kier alpha value is -1.44. The zero-order chi connectivity index (χ0) is 8.36. The third-order valence-corrected chi connectivity index (χ3v) is 0.922. The smallest absolute Gasteiger partial charge is 0.276 e. The van der Waals surface area contributed by atoms with Crippen LogP contribution in [0.1, 0.15) is 12.8 Å². The van der Waals surface area contributed by atoms with Crippen molar-refractivity contribution in [3.63, 3.8) is 0 Å². The van der Waals surface area contributed by atoms with E-state index < -0.39 is 0 Å². The van der Waals surface area contributed by atoms with Gasteiger partial charge in [-0.05, 0) is 12.8 Å². The molecule has 0 aliphatic rings. The van der Waals surface area contributed by atoms with Gasteiger partial charge < -0.3 is 4.84 Å². The van der Waals surface area contributed by atoms with E-state index in [1.54, 1.807) is 0 Å². The monoisotopic (exact) mass is 156 g/mol. The molecule has 0 spiro atoms. The van der Waals surface area contributed by atoms with Crippen molar-refractivity contribution in [2.45, 2.75) is 12.8 Å². The molecule has 0 atom stereocenters. The van der Waals surface area contributed by atoms with Crippen LogP contribution in [0.15, 0.2) is 10.1 Å². The van der Waals surface area contributed by atoms with Gasteiger partial charge in [0.1, 0.15) is 6.61 Å². The molecule has 0 aromatic carbocycles. The van der Waals surface area contributed by atoms with E-state index in [-0.39, 0.29) is 0 Å². The number of hydrogen-bond acceptors (Lipinski definition) is 5. The van der Waals surface area contributed by atoms with E-state index in [2.05, 4.69) is 15.0 Å². The molecule has 0 rings (SSSR count). The lowest BCUT2D eigenvalue weighted by molar-refractivity contribution is 0.140. The minimum Gasteiger partial charge on any atom is -0.386 e. The lowest BCUT2D eigenvalue weighted by Crippen LogP contribution is -1.89. The van der Waals surface area contributed by atoms with Gasteiger partial charge in [0.05, 0.1) is 6.54 Å². The molecule has 0 fully saturated rings. The van der Waals surface area contributed by atoms with E-state index >= 15 is 0 Å². The van der Waals surface area contributed by atoms with Gasteiger partial charge in [0.2, 0.25) is 6.08 Å². The second kappa shape index (κ2) is 8.56. The molecule has 0 saturated heterocycles. The van der Waals surface area contributed by atoms with Gasteiger partial charge in [0.25, 0.3) is 6.08 Å².